The molecule has 0 radical (unpaired) electrons. The number of nitrogens with two attached hydrogens (primary N) is 1. The summed E-state index contributed by atoms with van der Waals surface area (Å²) in [5.74, 6) is 0.0463. The standard InChI is InChI=1S/C11H22N4O/c1-2-14(9-10(12)13)11(16)15-7-5-3-4-6-8-15/h2-9H2,1H3,(H3,12,13). The molecule has 0 spiro atoms. The number of likely N-dealkylation sites (N-methyl/N-ethyl adjacent to an activating group) is 1. The second-order valence-electron chi connectivity index (χ2n) is 4.22. The Labute approximate surface area is 97.1 Å². The predicted octanol–water partition coefficient (Wildman–Crippen LogP) is 1.24. The first-order chi connectivity index (χ1) is 7.65. The lowest BCUT2D eigenvalue weighted by Gasteiger charge is -2.28. The fraction of sp³-hybridized carbons (Fsp3) is 0.818. The molecule has 92 valence electrons. The quantitative estimate of drug-likeness (QED) is 0.561. The minimum atomic E-state index is 0.0274. The number of rotatable bonds is 3. The van der Waals surface area contributed by atoms with E-state index >= 15 is 0 Å². The molecule has 0 bridgehead atoms. The van der Waals surface area contributed by atoms with E-state index in [1.54, 1.807) is 4.90 Å². The Bertz CT molecular complexity index is 246. The van der Waals surface area contributed by atoms with Crippen molar-refractivity contribution in [1.82, 2.24) is 9.80 Å². The summed E-state index contributed by atoms with van der Waals surface area (Å²) in [6.07, 6.45) is 4.60. The number of carbonyl (C=O) groups is 1. The highest BCUT2D eigenvalue weighted by Gasteiger charge is 2.20. The van der Waals surface area contributed by atoms with Crippen LogP contribution in [0, 0.1) is 5.41 Å². The lowest BCUT2D eigenvalue weighted by molar-refractivity contribution is 0.162. The maximum atomic E-state index is 12.1. The third-order valence-corrected chi connectivity index (χ3v) is 2.89. The van der Waals surface area contributed by atoms with Crippen LogP contribution in [0.1, 0.15) is 32.6 Å². The molecule has 5 nitrogen and oxygen atoms in total. The van der Waals surface area contributed by atoms with Gasteiger partial charge in [0.15, 0.2) is 0 Å². The van der Waals surface area contributed by atoms with Crippen LogP contribution in [0.5, 0.6) is 0 Å². The summed E-state index contributed by atoms with van der Waals surface area (Å²) >= 11 is 0. The number of urea groups is 1. The van der Waals surface area contributed by atoms with Gasteiger partial charge in [-0.25, -0.2) is 4.79 Å². The van der Waals surface area contributed by atoms with Crippen molar-refractivity contribution in [3.63, 3.8) is 0 Å². The van der Waals surface area contributed by atoms with Gasteiger partial charge in [-0.15, -0.1) is 0 Å². The summed E-state index contributed by atoms with van der Waals surface area (Å²) in [6, 6.07) is 0.0274. The molecule has 5 heteroatoms. The SMILES string of the molecule is CCN(CC(=N)N)C(=O)N1CCCCCC1. The maximum absolute atomic E-state index is 12.1. The molecular weight excluding hydrogens is 204 g/mol. The van der Waals surface area contributed by atoms with Crippen molar-refractivity contribution in [3.8, 4) is 0 Å². The molecule has 16 heavy (non-hydrogen) atoms. The maximum Gasteiger partial charge on any atom is 0.320 e. The summed E-state index contributed by atoms with van der Waals surface area (Å²) in [7, 11) is 0. The monoisotopic (exact) mass is 226 g/mol. The van der Waals surface area contributed by atoms with Crippen molar-refractivity contribution < 1.29 is 4.79 Å². The molecule has 0 aromatic heterocycles. The Kier molecular flexibility index (Phi) is 5.08. The number of nitrogens with one attached hydrogen (secondary N) is 1. The zero-order valence-electron chi connectivity index (χ0n) is 10.0. The van der Waals surface area contributed by atoms with Gasteiger partial charge in [0.05, 0.1) is 6.54 Å². The van der Waals surface area contributed by atoms with Crippen LogP contribution in [-0.4, -0.2) is 47.8 Å². The minimum absolute atomic E-state index is 0.0274. The fourth-order valence-corrected chi connectivity index (χ4v) is 1.98. The molecule has 0 aliphatic carbocycles. The molecule has 1 rings (SSSR count). The predicted molar refractivity (Wildman–Crippen MR) is 64.6 cm³/mol. The van der Waals surface area contributed by atoms with E-state index in [1.807, 2.05) is 11.8 Å². The van der Waals surface area contributed by atoms with Gasteiger partial charge in [0.1, 0.15) is 5.84 Å². The number of carbonyl (C=O) groups excluding carboxylic acids is 1. The third kappa shape index (κ3) is 3.72. The number of hydrogen-bond acceptors (Lipinski definition) is 2. The van der Waals surface area contributed by atoms with Crippen molar-refractivity contribution in [1.29, 1.82) is 5.41 Å². The number of amides is 2. The molecular formula is C11H22N4O. The number of hydrogen-bond donors (Lipinski definition) is 2. The Balaban J connectivity index is 2.54. The van der Waals surface area contributed by atoms with Crippen LogP contribution in [0.3, 0.4) is 0 Å². The van der Waals surface area contributed by atoms with E-state index in [9.17, 15) is 4.79 Å². The van der Waals surface area contributed by atoms with Gasteiger partial charge in [-0.2, -0.15) is 0 Å². The Morgan fingerprint density at radius 2 is 1.88 bits per heavy atom. The van der Waals surface area contributed by atoms with Crippen molar-refractivity contribution in [2.45, 2.75) is 32.6 Å². The van der Waals surface area contributed by atoms with Crippen molar-refractivity contribution in [2.24, 2.45) is 5.73 Å². The van der Waals surface area contributed by atoms with Gasteiger partial charge in [0.25, 0.3) is 0 Å². The van der Waals surface area contributed by atoms with Gasteiger partial charge in [0.2, 0.25) is 0 Å². The molecule has 1 fully saturated rings. The first kappa shape index (κ1) is 12.8. The molecule has 0 aromatic rings. The van der Waals surface area contributed by atoms with E-state index < -0.39 is 0 Å². The summed E-state index contributed by atoms with van der Waals surface area (Å²) in [5, 5.41) is 7.24. The second kappa shape index (κ2) is 6.35. The molecule has 2 amide bonds. The molecule has 0 unspecified atom stereocenters. The Morgan fingerprint density at radius 3 is 2.31 bits per heavy atom. The van der Waals surface area contributed by atoms with E-state index in [0.717, 1.165) is 25.9 Å². The average Bonchev–Trinajstić information content (AvgIpc) is 2.53. The highest BCUT2D eigenvalue weighted by molar-refractivity contribution is 5.84. The van der Waals surface area contributed by atoms with Gasteiger partial charge in [-0.3, -0.25) is 5.41 Å². The number of nitrogens with zero attached hydrogens (tertiary/aromatic N) is 2. The van der Waals surface area contributed by atoms with Crippen LogP contribution in [0.4, 0.5) is 4.79 Å². The van der Waals surface area contributed by atoms with Gasteiger partial charge in [-0.1, -0.05) is 12.8 Å². The van der Waals surface area contributed by atoms with E-state index in [0.29, 0.717) is 6.54 Å². The molecule has 1 aliphatic heterocycles. The van der Waals surface area contributed by atoms with Crippen molar-refractivity contribution >= 4 is 11.9 Å². The summed E-state index contributed by atoms with van der Waals surface area (Å²) in [6.45, 7) is 4.44. The van der Waals surface area contributed by atoms with E-state index in [-0.39, 0.29) is 18.4 Å². The Hall–Kier alpha value is -1.26. The van der Waals surface area contributed by atoms with Crippen molar-refractivity contribution in [2.75, 3.05) is 26.2 Å². The van der Waals surface area contributed by atoms with E-state index in [4.69, 9.17) is 11.1 Å². The number of likely N-dealkylation sites (tertiary alicyclic amines) is 1. The van der Waals surface area contributed by atoms with E-state index in [2.05, 4.69) is 0 Å². The molecule has 3 N–H and O–H groups in total. The second-order valence-corrected chi connectivity index (χ2v) is 4.22. The first-order valence-electron chi connectivity index (χ1n) is 6.02. The molecule has 0 aromatic carbocycles. The number of amidine groups is 1. The topological polar surface area (TPSA) is 73.4 Å². The zero-order valence-corrected chi connectivity index (χ0v) is 10.0. The van der Waals surface area contributed by atoms with Crippen LogP contribution < -0.4 is 5.73 Å². The molecule has 1 saturated heterocycles. The minimum Gasteiger partial charge on any atom is -0.386 e. The normalized spacial score (nSPS) is 16.7. The van der Waals surface area contributed by atoms with Gasteiger partial charge in [0, 0.05) is 19.6 Å². The molecule has 0 saturated carbocycles. The van der Waals surface area contributed by atoms with Gasteiger partial charge in [-0.05, 0) is 19.8 Å². The Morgan fingerprint density at radius 1 is 1.31 bits per heavy atom. The highest BCUT2D eigenvalue weighted by atomic mass is 16.2. The van der Waals surface area contributed by atoms with Crippen molar-refractivity contribution in [3.05, 3.63) is 0 Å². The molecule has 1 heterocycles. The van der Waals surface area contributed by atoms with Crippen LogP contribution in [0.25, 0.3) is 0 Å². The smallest absolute Gasteiger partial charge is 0.320 e. The lowest BCUT2D eigenvalue weighted by atomic mass is 10.2. The van der Waals surface area contributed by atoms with Gasteiger partial charge < -0.3 is 15.5 Å². The largest absolute Gasteiger partial charge is 0.386 e. The molecule has 0 atom stereocenters. The summed E-state index contributed by atoms with van der Waals surface area (Å²) < 4.78 is 0. The summed E-state index contributed by atoms with van der Waals surface area (Å²) in [5.41, 5.74) is 5.34. The van der Waals surface area contributed by atoms with E-state index in [1.165, 1.54) is 12.8 Å². The van der Waals surface area contributed by atoms with Crippen LogP contribution in [-0.2, 0) is 0 Å². The summed E-state index contributed by atoms with van der Waals surface area (Å²) in [4.78, 5) is 15.6. The average molecular weight is 226 g/mol. The zero-order chi connectivity index (χ0) is 12.0. The van der Waals surface area contributed by atoms with Crippen LogP contribution in [0.2, 0.25) is 0 Å². The van der Waals surface area contributed by atoms with Crippen LogP contribution in [0.15, 0.2) is 0 Å². The fourth-order valence-electron chi connectivity index (χ4n) is 1.98. The van der Waals surface area contributed by atoms with Crippen LogP contribution >= 0.6 is 0 Å². The van der Waals surface area contributed by atoms with Gasteiger partial charge >= 0.3 is 6.03 Å². The molecule has 1 aliphatic rings. The first-order valence-corrected chi connectivity index (χ1v) is 6.02. The highest BCUT2D eigenvalue weighted by Crippen LogP contribution is 2.11. The lowest BCUT2D eigenvalue weighted by Crippen LogP contribution is -2.46. The third-order valence-electron chi connectivity index (χ3n) is 2.89.